The highest BCUT2D eigenvalue weighted by Gasteiger charge is 2.10. The maximum atomic E-state index is 10.9. The molecule has 4 heteroatoms. The Morgan fingerprint density at radius 3 is 2.12 bits per heavy atom. The van der Waals surface area contributed by atoms with E-state index in [9.17, 15) is 10.1 Å². The number of nitriles is 1. The first-order valence-electron chi connectivity index (χ1n) is 8.48. The molecule has 3 rings (SSSR count). The van der Waals surface area contributed by atoms with Crippen LogP contribution in [0.4, 0.5) is 5.69 Å². The standard InChI is InChI=1S/C21H20N2O2/c22-15-19(17-6-8-18(9-7-17)21(24)25)14-16-4-10-20(11-5-16)23-12-2-1-3-13-23/h4-11,14H,1-3,12-13H2,(H,24,25)/b19-14-. The maximum Gasteiger partial charge on any atom is 0.335 e. The highest BCUT2D eigenvalue weighted by Crippen LogP contribution is 2.23. The number of hydrogen-bond acceptors (Lipinski definition) is 3. The van der Waals surface area contributed by atoms with Crippen molar-refractivity contribution in [2.24, 2.45) is 0 Å². The molecule has 0 radical (unpaired) electrons. The van der Waals surface area contributed by atoms with Crippen LogP contribution in [0.2, 0.25) is 0 Å². The summed E-state index contributed by atoms with van der Waals surface area (Å²) in [6, 6.07) is 16.8. The fraction of sp³-hybridized carbons (Fsp3) is 0.238. The van der Waals surface area contributed by atoms with Crippen LogP contribution in [-0.2, 0) is 0 Å². The Hall–Kier alpha value is -3.06. The quantitative estimate of drug-likeness (QED) is 0.664. The van der Waals surface area contributed by atoms with E-state index >= 15 is 0 Å². The third-order valence-electron chi connectivity index (χ3n) is 4.49. The second-order valence-electron chi connectivity index (χ2n) is 6.19. The predicted molar refractivity (Wildman–Crippen MR) is 99.4 cm³/mol. The number of piperidine rings is 1. The van der Waals surface area contributed by atoms with Gasteiger partial charge in [0.1, 0.15) is 0 Å². The van der Waals surface area contributed by atoms with E-state index < -0.39 is 5.97 Å². The van der Waals surface area contributed by atoms with Crippen LogP contribution in [-0.4, -0.2) is 24.2 Å². The SMILES string of the molecule is N#C/C(=C/c1ccc(N2CCCCC2)cc1)c1ccc(C(=O)O)cc1. The summed E-state index contributed by atoms with van der Waals surface area (Å²) in [5, 5.41) is 18.4. The largest absolute Gasteiger partial charge is 0.478 e. The van der Waals surface area contributed by atoms with Crippen LogP contribution >= 0.6 is 0 Å². The molecule has 126 valence electrons. The van der Waals surface area contributed by atoms with Crippen molar-refractivity contribution in [2.45, 2.75) is 19.3 Å². The zero-order valence-electron chi connectivity index (χ0n) is 14.0. The molecule has 1 aliphatic heterocycles. The van der Waals surface area contributed by atoms with Crippen molar-refractivity contribution in [3.63, 3.8) is 0 Å². The average molecular weight is 332 g/mol. The molecule has 0 amide bonds. The second kappa shape index (κ2) is 7.67. The molecule has 0 atom stereocenters. The third-order valence-corrected chi connectivity index (χ3v) is 4.49. The Morgan fingerprint density at radius 1 is 0.960 bits per heavy atom. The summed E-state index contributed by atoms with van der Waals surface area (Å²) in [6.07, 6.45) is 5.62. The third kappa shape index (κ3) is 4.07. The predicted octanol–water partition coefficient (Wildman–Crippen LogP) is 4.44. The molecule has 0 aliphatic carbocycles. The molecular weight excluding hydrogens is 312 g/mol. The topological polar surface area (TPSA) is 64.3 Å². The Balaban J connectivity index is 1.79. The van der Waals surface area contributed by atoms with Crippen molar-refractivity contribution in [3.05, 3.63) is 65.2 Å². The summed E-state index contributed by atoms with van der Waals surface area (Å²) < 4.78 is 0. The van der Waals surface area contributed by atoms with E-state index in [1.807, 2.05) is 18.2 Å². The molecule has 0 bridgehead atoms. The van der Waals surface area contributed by atoms with E-state index in [1.54, 1.807) is 12.1 Å². The monoisotopic (exact) mass is 332 g/mol. The highest BCUT2D eigenvalue weighted by atomic mass is 16.4. The minimum atomic E-state index is -0.970. The number of allylic oxidation sites excluding steroid dienone is 1. The number of carbonyl (C=O) groups is 1. The summed E-state index contributed by atoms with van der Waals surface area (Å²) >= 11 is 0. The van der Waals surface area contributed by atoms with Crippen molar-refractivity contribution in [2.75, 3.05) is 18.0 Å². The molecule has 0 unspecified atom stereocenters. The number of carboxylic acid groups (broad SMARTS) is 1. The Kier molecular flexibility index (Phi) is 5.15. The number of carboxylic acids is 1. The van der Waals surface area contributed by atoms with E-state index in [0.29, 0.717) is 11.1 Å². The molecule has 1 fully saturated rings. The molecule has 1 heterocycles. The molecule has 0 saturated carbocycles. The fourth-order valence-electron chi connectivity index (χ4n) is 3.07. The lowest BCUT2D eigenvalue weighted by atomic mass is 10.0. The molecule has 1 aliphatic rings. The van der Waals surface area contributed by atoms with Gasteiger partial charge in [-0.25, -0.2) is 4.79 Å². The molecule has 2 aromatic carbocycles. The van der Waals surface area contributed by atoms with Gasteiger partial charge >= 0.3 is 5.97 Å². The molecule has 2 aromatic rings. The van der Waals surface area contributed by atoms with Gasteiger partial charge in [-0.2, -0.15) is 5.26 Å². The van der Waals surface area contributed by atoms with Crippen LogP contribution in [0.15, 0.2) is 48.5 Å². The van der Waals surface area contributed by atoms with Crippen molar-refractivity contribution < 1.29 is 9.90 Å². The molecular formula is C21H20N2O2. The maximum absolute atomic E-state index is 10.9. The molecule has 0 aromatic heterocycles. The van der Waals surface area contributed by atoms with Crippen molar-refractivity contribution in [1.29, 1.82) is 5.26 Å². The van der Waals surface area contributed by atoms with Gasteiger partial charge < -0.3 is 10.0 Å². The fourth-order valence-corrected chi connectivity index (χ4v) is 3.07. The van der Waals surface area contributed by atoms with Gasteiger partial charge in [0, 0.05) is 18.8 Å². The van der Waals surface area contributed by atoms with Gasteiger partial charge in [-0.1, -0.05) is 24.3 Å². The Bertz CT molecular complexity index is 808. The van der Waals surface area contributed by atoms with Crippen LogP contribution in [0.1, 0.15) is 40.7 Å². The summed E-state index contributed by atoms with van der Waals surface area (Å²) in [5.41, 5.74) is 3.63. The van der Waals surface area contributed by atoms with Gasteiger partial charge in [-0.15, -0.1) is 0 Å². The lowest BCUT2D eigenvalue weighted by Crippen LogP contribution is -2.29. The van der Waals surface area contributed by atoms with Crippen LogP contribution < -0.4 is 4.90 Å². The van der Waals surface area contributed by atoms with Crippen LogP contribution in [0, 0.1) is 11.3 Å². The van der Waals surface area contributed by atoms with Crippen LogP contribution in [0.5, 0.6) is 0 Å². The summed E-state index contributed by atoms with van der Waals surface area (Å²) in [4.78, 5) is 13.3. The van der Waals surface area contributed by atoms with Gasteiger partial charge in [-0.05, 0) is 60.7 Å². The number of anilines is 1. The average Bonchev–Trinajstić information content (AvgIpc) is 2.67. The van der Waals surface area contributed by atoms with E-state index in [4.69, 9.17) is 5.11 Å². The van der Waals surface area contributed by atoms with Gasteiger partial charge in [0.15, 0.2) is 0 Å². The molecule has 0 spiro atoms. The number of aromatic carboxylic acids is 1. The Morgan fingerprint density at radius 2 is 1.56 bits per heavy atom. The molecule has 1 N–H and O–H groups in total. The van der Waals surface area contributed by atoms with Gasteiger partial charge in [0.2, 0.25) is 0 Å². The summed E-state index contributed by atoms with van der Waals surface area (Å²) in [5.74, 6) is -0.970. The van der Waals surface area contributed by atoms with Crippen LogP contribution in [0.3, 0.4) is 0 Å². The van der Waals surface area contributed by atoms with Crippen LogP contribution in [0.25, 0.3) is 11.6 Å². The van der Waals surface area contributed by atoms with Gasteiger partial charge in [0.05, 0.1) is 17.2 Å². The van der Waals surface area contributed by atoms with Crippen molar-refractivity contribution >= 4 is 23.3 Å². The summed E-state index contributed by atoms with van der Waals surface area (Å²) in [7, 11) is 0. The molecule has 25 heavy (non-hydrogen) atoms. The van der Waals surface area contributed by atoms with Crippen molar-refractivity contribution in [3.8, 4) is 6.07 Å². The smallest absolute Gasteiger partial charge is 0.335 e. The highest BCUT2D eigenvalue weighted by molar-refractivity contribution is 5.92. The lowest BCUT2D eigenvalue weighted by molar-refractivity contribution is 0.0697. The van der Waals surface area contributed by atoms with E-state index in [-0.39, 0.29) is 5.56 Å². The van der Waals surface area contributed by atoms with E-state index in [2.05, 4.69) is 23.1 Å². The minimum Gasteiger partial charge on any atom is -0.478 e. The first-order valence-corrected chi connectivity index (χ1v) is 8.48. The lowest BCUT2D eigenvalue weighted by Gasteiger charge is -2.28. The zero-order chi connectivity index (χ0) is 17.6. The first kappa shape index (κ1) is 16.8. The normalized spacial score (nSPS) is 14.8. The molecule has 4 nitrogen and oxygen atoms in total. The number of benzene rings is 2. The van der Waals surface area contributed by atoms with E-state index in [0.717, 1.165) is 18.7 Å². The molecule has 1 saturated heterocycles. The summed E-state index contributed by atoms with van der Waals surface area (Å²) in [6.45, 7) is 2.21. The number of rotatable bonds is 4. The number of hydrogen-bond donors (Lipinski definition) is 1. The van der Waals surface area contributed by atoms with Gasteiger partial charge in [-0.3, -0.25) is 0 Å². The Labute approximate surface area is 147 Å². The number of nitrogens with zero attached hydrogens (tertiary/aromatic N) is 2. The second-order valence-corrected chi connectivity index (χ2v) is 6.19. The minimum absolute atomic E-state index is 0.215. The van der Waals surface area contributed by atoms with Gasteiger partial charge in [0.25, 0.3) is 0 Å². The van der Waals surface area contributed by atoms with Crippen molar-refractivity contribution in [1.82, 2.24) is 0 Å². The zero-order valence-corrected chi connectivity index (χ0v) is 14.0. The van der Waals surface area contributed by atoms with E-state index in [1.165, 1.54) is 37.1 Å². The first-order chi connectivity index (χ1) is 12.2.